The lowest BCUT2D eigenvalue weighted by molar-refractivity contribution is -0.124. The summed E-state index contributed by atoms with van der Waals surface area (Å²) in [4.78, 5) is 11.7. The molecule has 6 heteroatoms. The standard InChI is InChI=1S/C14H21ClN2O2.ClH/c1-10(8-16-3)14(18)17-9-11(2)19-13-6-4-12(15)5-7-13;/h4-7,10-11,16H,8-9H2,1-3H3,(H,17,18);1H. The summed E-state index contributed by atoms with van der Waals surface area (Å²) in [5.74, 6) is 0.725. The highest BCUT2D eigenvalue weighted by Crippen LogP contribution is 2.16. The van der Waals surface area contributed by atoms with Crippen LogP contribution in [0.25, 0.3) is 0 Å². The molecule has 4 nitrogen and oxygen atoms in total. The lowest BCUT2D eigenvalue weighted by Gasteiger charge is -2.17. The van der Waals surface area contributed by atoms with Gasteiger partial charge >= 0.3 is 0 Å². The van der Waals surface area contributed by atoms with E-state index in [-0.39, 0.29) is 30.3 Å². The Morgan fingerprint density at radius 1 is 1.25 bits per heavy atom. The number of benzene rings is 1. The number of amides is 1. The minimum atomic E-state index is -0.0908. The lowest BCUT2D eigenvalue weighted by atomic mass is 10.1. The number of ether oxygens (including phenoxy) is 1. The summed E-state index contributed by atoms with van der Waals surface area (Å²) in [6.45, 7) is 4.95. The van der Waals surface area contributed by atoms with E-state index in [1.165, 1.54) is 0 Å². The van der Waals surface area contributed by atoms with Crippen molar-refractivity contribution in [2.75, 3.05) is 20.1 Å². The van der Waals surface area contributed by atoms with Crippen LogP contribution in [0.2, 0.25) is 5.02 Å². The van der Waals surface area contributed by atoms with E-state index in [2.05, 4.69) is 10.6 Å². The van der Waals surface area contributed by atoms with E-state index in [0.717, 1.165) is 5.75 Å². The van der Waals surface area contributed by atoms with Crippen molar-refractivity contribution in [3.63, 3.8) is 0 Å². The fourth-order valence-corrected chi connectivity index (χ4v) is 1.73. The average molecular weight is 321 g/mol. The zero-order chi connectivity index (χ0) is 14.3. The molecule has 2 unspecified atom stereocenters. The molecular formula is C14H22Cl2N2O2. The monoisotopic (exact) mass is 320 g/mol. The highest BCUT2D eigenvalue weighted by molar-refractivity contribution is 6.30. The van der Waals surface area contributed by atoms with E-state index in [0.29, 0.717) is 18.1 Å². The number of rotatable bonds is 7. The van der Waals surface area contributed by atoms with Gasteiger partial charge in [0.15, 0.2) is 0 Å². The molecule has 0 saturated heterocycles. The first kappa shape index (κ1) is 19.0. The molecule has 2 atom stereocenters. The SMILES string of the molecule is CNCC(C)C(=O)NCC(C)Oc1ccc(Cl)cc1.Cl. The van der Waals surface area contributed by atoms with Crippen LogP contribution in [-0.2, 0) is 4.79 Å². The quantitative estimate of drug-likeness (QED) is 0.811. The van der Waals surface area contributed by atoms with Crippen LogP contribution in [0.15, 0.2) is 24.3 Å². The van der Waals surface area contributed by atoms with Gasteiger partial charge in [-0.25, -0.2) is 0 Å². The highest BCUT2D eigenvalue weighted by Gasteiger charge is 2.13. The molecule has 0 spiro atoms. The third-order valence-electron chi connectivity index (χ3n) is 2.67. The molecule has 0 radical (unpaired) electrons. The molecule has 0 bridgehead atoms. The first-order valence-electron chi connectivity index (χ1n) is 6.37. The molecule has 0 fully saturated rings. The van der Waals surface area contributed by atoms with E-state index in [9.17, 15) is 4.79 Å². The van der Waals surface area contributed by atoms with Crippen molar-refractivity contribution in [3.8, 4) is 5.75 Å². The fourth-order valence-electron chi connectivity index (χ4n) is 1.60. The minimum absolute atomic E-state index is 0. The van der Waals surface area contributed by atoms with Crippen molar-refractivity contribution in [2.45, 2.75) is 20.0 Å². The number of hydrogen-bond acceptors (Lipinski definition) is 3. The van der Waals surface area contributed by atoms with Gasteiger partial charge in [-0.05, 0) is 38.2 Å². The minimum Gasteiger partial charge on any atom is -0.489 e. The van der Waals surface area contributed by atoms with Crippen molar-refractivity contribution in [1.82, 2.24) is 10.6 Å². The van der Waals surface area contributed by atoms with Crippen LogP contribution >= 0.6 is 24.0 Å². The Morgan fingerprint density at radius 2 is 1.85 bits per heavy atom. The van der Waals surface area contributed by atoms with Crippen LogP contribution in [0, 0.1) is 5.92 Å². The average Bonchev–Trinajstić information content (AvgIpc) is 2.39. The van der Waals surface area contributed by atoms with E-state index >= 15 is 0 Å². The Kier molecular flexibility index (Phi) is 9.38. The van der Waals surface area contributed by atoms with Crippen LogP contribution in [0.5, 0.6) is 5.75 Å². The summed E-state index contributed by atoms with van der Waals surface area (Å²) in [5, 5.41) is 6.52. The van der Waals surface area contributed by atoms with Gasteiger partial charge in [0.25, 0.3) is 0 Å². The maximum absolute atomic E-state index is 11.7. The zero-order valence-corrected chi connectivity index (χ0v) is 13.6. The van der Waals surface area contributed by atoms with Crippen molar-refractivity contribution in [1.29, 1.82) is 0 Å². The molecule has 0 aliphatic carbocycles. The molecule has 0 aliphatic heterocycles. The zero-order valence-electron chi connectivity index (χ0n) is 12.0. The lowest BCUT2D eigenvalue weighted by Crippen LogP contribution is -2.39. The molecule has 1 aromatic carbocycles. The second kappa shape index (κ2) is 9.86. The largest absolute Gasteiger partial charge is 0.489 e. The van der Waals surface area contributed by atoms with Gasteiger partial charge in [0, 0.05) is 17.5 Å². The van der Waals surface area contributed by atoms with Gasteiger partial charge < -0.3 is 15.4 Å². The van der Waals surface area contributed by atoms with E-state index in [4.69, 9.17) is 16.3 Å². The van der Waals surface area contributed by atoms with Gasteiger partial charge in [-0.15, -0.1) is 12.4 Å². The van der Waals surface area contributed by atoms with Gasteiger partial charge in [-0.3, -0.25) is 4.79 Å². The fraction of sp³-hybridized carbons (Fsp3) is 0.500. The predicted molar refractivity (Wildman–Crippen MR) is 84.9 cm³/mol. The van der Waals surface area contributed by atoms with Crippen molar-refractivity contribution in [2.24, 2.45) is 5.92 Å². The van der Waals surface area contributed by atoms with Crippen molar-refractivity contribution in [3.05, 3.63) is 29.3 Å². The summed E-state index contributed by atoms with van der Waals surface area (Å²) in [6, 6.07) is 7.17. The summed E-state index contributed by atoms with van der Waals surface area (Å²) in [5.41, 5.74) is 0. The molecule has 0 saturated carbocycles. The number of halogens is 2. The summed E-state index contributed by atoms with van der Waals surface area (Å²) >= 11 is 5.80. The molecule has 0 heterocycles. The summed E-state index contributed by atoms with van der Waals surface area (Å²) in [6.07, 6.45) is -0.0908. The van der Waals surface area contributed by atoms with Gasteiger partial charge in [0.05, 0.1) is 6.54 Å². The van der Waals surface area contributed by atoms with E-state index < -0.39 is 0 Å². The Balaban J connectivity index is 0.00000361. The second-order valence-electron chi connectivity index (χ2n) is 4.59. The van der Waals surface area contributed by atoms with Gasteiger partial charge in [-0.1, -0.05) is 18.5 Å². The van der Waals surface area contributed by atoms with Crippen LogP contribution < -0.4 is 15.4 Å². The topological polar surface area (TPSA) is 50.4 Å². The predicted octanol–water partition coefficient (Wildman–Crippen LogP) is 2.50. The first-order chi connectivity index (χ1) is 9.02. The number of carbonyl (C=O) groups is 1. The van der Waals surface area contributed by atoms with Crippen molar-refractivity contribution < 1.29 is 9.53 Å². The third-order valence-corrected chi connectivity index (χ3v) is 2.92. The van der Waals surface area contributed by atoms with Gasteiger partial charge in [-0.2, -0.15) is 0 Å². The molecule has 0 aliphatic rings. The molecule has 2 N–H and O–H groups in total. The molecule has 114 valence electrons. The van der Waals surface area contributed by atoms with Crippen LogP contribution in [0.1, 0.15) is 13.8 Å². The van der Waals surface area contributed by atoms with Crippen molar-refractivity contribution >= 4 is 29.9 Å². The van der Waals surface area contributed by atoms with Crippen LogP contribution in [0.3, 0.4) is 0 Å². The second-order valence-corrected chi connectivity index (χ2v) is 5.02. The van der Waals surface area contributed by atoms with Gasteiger partial charge in [0.2, 0.25) is 5.91 Å². The molecule has 1 aromatic rings. The van der Waals surface area contributed by atoms with Gasteiger partial charge in [0.1, 0.15) is 11.9 Å². The van der Waals surface area contributed by atoms with E-state index in [1.807, 2.05) is 33.0 Å². The highest BCUT2D eigenvalue weighted by atomic mass is 35.5. The maximum Gasteiger partial charge on any atom is 0.224 e. The molecule has 20 heavy (non-hydrogen) atoms. The normalized spacial score (nSPS) is 13.0. The Morgan fingerprint density at radius 3 is 2.40 bits per heavy atom. The summed E-state index contributed by atoms with van der Waals surface area (Å²) < 4.78 is 5.67. The summed E-state index contributed by atoms with van der Waals surface area (Å²) in [7, 11) is 1.83. The molecule has 0 aromatic heterocycles. The maximum atomic E-state index is 11.7. The molecular weight excluding hydrogens is 299 g/mol. The van der Waals surface area contributed by atoms with E-state index in [1.54, 1.807) is 12.1 Å². The van der Waals surface area contributed by atoms with Crippen LogP contribution in [-0.4, -0.2) is 32.1 Å². The third kappa shape index (κ3) is 6.98. The number of nitrogens with one attached hydrogen (secondary N) is 2. The number of hydrogen-bond donors (Lipinski definition) is 2. The Labute approximate surface area is 131 Å². The molecule has 1 rings (SSSR count). The smallest absolute Gasteiger partial charge is 0.224 e. The van der Waals surface area contributed by atoms with Crippen LogP contribution in [0.4, 0.5) is 0 Å². The Hall–Kier alpha value is -0.970. The molecule has 1 amide bonds. The number of carbonyl (C=O) groups excluding carboxylic acids is 1. The first-order valence-corrected chi connectivity index (χ1v) is 6.75. The Bertz CT molecular complexity index is 399.